The second kappa shape index (κ2) is 8.98. The van der Waals surface area contributed by atoms with Crippen molar-refractivity contribution in [2.75, 3.05) is 7.05 Å². The number of hydrogen-bond donors (Lipinski definition) is 2. The average molecular weight is 426 g/mol. The normalized spacial score (nSPS) is 11.3. The van der Waals surface area contributed by atoms with Crippen LogP contribution in [0.25, 0.3) is 5.70 Å². The molecule has 0 radical (unpaired) electrons. The van der Waals surface area contributed by atoms with Gasteiger partial charge >= 0.3 is 0 Å². The van der Waals surface area contributed by atoms with Crippen molar-refractivity contribution in [2.24, 2.45) is 0 Å². The zero-order valence-electron chi connectivity index (χ0n) is 16.8. The number of nitrogens with zero attached hydrogens (tertiary/aromatic N) is 1. The fourth-order valence-electron chi connectivity index (χ4n) is 2.71. The molecule has 0 spiro atoms. The summed E-state index contributed by atoms with van der Waals surface area (Å²) in [5.41, 5.74) is 7.84. The Kier molecular flexibility index (Phi) is 6.39. The molecule has 0 aliphatic carbocycles. The van der Waals surface area contributed by atoms with E-state index in [0.717, 1.165) is 11.1 Å². The third kappa shape index (κ3) is 4.97. The van der Waals surface area contributed by atoms with E-state index in [9.17, 15) is 13.2 Å². The summed E-state index contributed by atoms with van der Waals surface area (Å²) in [5.74, 6) is 0.165. The monoisotopic (exact) mass is 425 g/mol. The zero-order chi connectivity index (χ0) is 21.7. The van der Waals surface area contributed by atoms with Crippen LogP contribution in [0.3, 0.4) is 0 Å². The molecule has 3 aromatic rings. The van der Waals surface area contributed by atoms with Crippen molar-refractivity contribution in [3.05, 3.63) is 96.0 Å². The van der Waals surface area contributed by atoms with E-state index in [1.54, 1.807) is 60.7 Å². The van der Waals surface area contributed by atoms with E-state index in [2.05, 4.69) is 17.4 Å². The molecular weight excluding hydrogens is 402 g/mol. The lowest BCUT2D eigenvalue weighted by molar-refractivity contribution is 0.0942. The number of carbonyl (C=O) groups excluding carboxylic acids is 1. The third-order valence-electron chi connectivity index (χ3n) is 4.50. The van der Waals surface area contributed by atoms with Gasteiger partial charge in [-0.05, 0) is 48.9 Å². The molecule has 0 unspecified atom stereocenters. The van der Waals surface area contributed by atoms with Crippen LogP contribution < -0.4 is 10.9 Å². The van der Waals surface area contributed by atoms with Gasteiger partial charge in [-0.1, -0.05) is 36.4 Å². The molecule has 0 bridgehead atoms. The molecule has 0 aliphatic rings. The van der Waals surface area contributed by atoms with Crippen LogP contribution in [0.4, 0.5) is 0 Å². The standard InChI is InChI=1S/C22H23N3O4S/c1-16-6-12-20(13-7-16)30(27,28)25(3)15-18-8-10-19(11-9-18)22(26)24-23-17(2)21-5-4-14-29-21/h4-14,23H,2,15H2,1,3H3,(H,24,26). The Bertz CT molecular complexity index is 1120. The maximum absolute atomic E-state index is 12.7. The number of hydrazine groups is 1. The van der Waals surface area contributed by atoms with Crippen molar-refractivity contribution >= 4 is 21.6 Å². The van der Waals surface area contributed by atoms with Gasteiger partial charge in [-0.3, -0.25) is 15.6 Å². The summed E-state index contributed by atoms with van der Waals surface area (Å²) in [7, 11) is -2.07. The van der Waals surface area contributed by atoms with Gasteiger partial charge in [-0.15, -0.1) is 0 Å². The first-order valence-electron chi connectivity index (χ1n) is 9.18. The zero-order valence-corrected chi connectivity index (χ0v) is 17.6. The molecule has 0 saturated carbocycles. The third-order valence-corrected chi connectivity index (χ3v) is 6.31. The molecule has 30 heavy (non-hydrogen) atoms. The number of rotatable bonds is 8. The number of amides is 1. The molecule has 2 aromatic carbocycles. The molecular formula is C22H23N3O4S. The van der Waals surface area contributed by atoms with E-state index >= 15 is 0 Å². The van der Waals surface area contributed by atoms with Crippen molar-refractivity contribution in [2.45, 2.75) is 18.4 Å². The van der Waals surface area contributed by atoms with Crippen molar-refractivity contribution in [1.82, 2.24) is 15.2 Å². The molecule has 1 heterocycles. The Hall–Kier alpha value is -3.36. The summed E-state index contributed by atoms with van der Waals surface area (Å²) in [4.78, 5) is 12.5. The summed E-state index contributed by atoms with van der Waals surface area (Å²) in [6, 6.07) is 16.9. The lowest BCUT2D eigenvalue weighted by Gasteiger charge is -2.17. The van der Waals surface area contributed by atoms with Crippen LogP contribution >= 0.6 is 0 Å². The van der Waals surface area contributed by atoms with E-state index in [1.807, 2.05) is 6.92 Å². The fraction of sp³-hybridized carbons (Fsp3) is 0.136. The lowest BCUT2D eigenvalue weighted by atomic mass is 10.1. The molecule has 8 heteroatoms. The molecule has 156 valence electrons. The van der Waals surface area contributed by atoms with Crippen LogP contribution in [0, 0.1) is 6.92 Å². The minimum atomic E-state index is -3.59. The summed E-state index contributed by atoms with van der Waals surface area (Å²) in [5, 5.41) is 0. The predicted molar refractivity (Wildman–Crippen MR) is 115 cm³/mol. The first-order valence-corrected chi connectivity index (χ1v) is 10.6. The Morgan fingerprint density at radius 1 is 1.03 bits per heavy atom. The van der Waals surface area contributed by atoms with E-state index in [1.165, 1.54) is 17.6 Å². The highest BCUT2D eigenvalue weighted by Gasteiger charge is 2.20. The number of furan rings is 1. The molecule has 7 nitrogen and oxygen atoms in total. The van der Waals surface area contributed by atoms with E-state index < -0.39 is 10.0 Å². The Morgan fingerprint density at radius 2 is 1.70 bits per heavy atom. The molecule has 0 fully saturated rings. The maximum Gasteiger partial charge on any atom is 0.269 e. The van der Waals surface area contributed by atoms with E-state index in [4.69, 9.17) is 4.42 Å². The van der Waals surface area contributed by atoms with Gasteiger partial charge in [0.15, 0.2) is 5.76 Å². The predicted octanol–water partition coefficient (Wildman–Crippen LogP) is 3.31. The molecule has 2 N–H and O–H groups in total. The highest BCUT2D eigenvalue weighted by molar-refractivity contribution is 7.89. The highest BCUT2D eigenvalue weighted by atomic mass is 32.2. The Morgan fingerprint density at radius 3 is 2.30 bits per heavy atom. The van der Waals surface area contributed by atoms with Gasteiger partial charge in [0.2, 0.25) is 10.0 Å². The van der Waals surface area contributed by atoms with Gasteiger partial charge in [0.1, 0.15) is 0 Å². The largest absolute Gasteiger partial charge is 0.463 e. The van der Waals surface area contributed by atoms with E-state index in [0.29, 0.717) is 17.0 Å². The highest BCUT2D eigenvalue weighted by Crippen LogP contribution is 2.18. The second-order valence-corrected chi connectivity index (χ2v) is 8.85. The van der Waals surface area contributed by atoms with Gasteiger partial charge in [-0.2, -0.15) is 4.31 Å². The van der Waals surface area contributed by atoms with Gasteiger partial charge in [-0.25, -0.2) is 8.42 Å². The minimum absolute atomic E-state index is 0.186. The number of carbonyl (C=O) groups is 1. The van der Waals surface area contributed by atoms with Crippen molar-refractivity contribution in [3.63, 3.8) is 0 Å². The van der Waals surface area contributed by atoms with Gasteiger partial charge in [0, 0.05) is 19.2 Å². The van der Waals surface area contributed by atoms with Crippen LogP contribution in [0.5, 0.6) is 0 Å². The molecule has 0 saturated heterocycles. The van der Waals surface area contributed by atoms with Crippen LogP contribution in [0.1, 0.15) is 27.2 Å². The molecule has 1 amide bonds. The van der Waals surface area contributed by atoms with Gasteiger partial charge in [0.25, 0.3) is 5.91 Å². The van der Waals surface area contributed by atoms with Crippen LogP contribution in [-0.4, -0.2) is 25.7 Å². The van der Waals surface area contributed by atoms with Crippen LogP contribution in [-0.2, 0) is 16.6 Å². The average Bonchev–Trinajstić information content (AvgIpc) is 3.27. The molecule has 0 aliphatic heterocycles. The molecule has 0 atom stereocenters. The number of aryl methyl sites for hydroxylation is 1. The first kappa shape index (κ1) is 21.4. The lowest BCUT2D eigenvalue weighted by Crippen LogP contribution is -2.35. The van der Waals surface area contributed by atoms with Crippen molar-refractivity contribution in [1.29, 1.82) is 0 Å². The first-order chi connectivity index (χ1) is 14.3. The van der Waals surface area contributed by atoms with Gasteiger partial charge < -0.3 is 4.42 Å². The topological polar surface area (TPSA) is 91.6 Å². The summed E-state index contributed by atoms with van der Waals surface area (Å²) in [6.07, 6.45) is 1.51. The SMILES string of the molecule is C=C(NNC(=O)c1ccc(CN(C)S(=O)(=O)c2ccc(C)cc2)cc1)c1ccco1. The molecule has 1 aromatic heterocycles. The van der Waals surface area contributed by atoms with Crippen molar-refractivity contribution < 1.29 is 17.6 Å². The van der Waals surface area contributed by atoms with E-state index in [-0.39, 0.29) is 17.3 Å². The Balaban J connectivity index is 1.60. The fourth-order valence-corrected chi connectivity index (χ4v) is 3.87. The number of benzene rings is 2. The maximum atomic E-state index is 12.7. The quantitative estimate of drug-likeness (QED) is 0.540. The summed E-state index contributed by atoms with van der Waals surface area (Å²) in [6.45, 7) is 5.87. The van der Waals surface area contributed by atoms with Gasteiger partial charge in [0.05, 0.1) is 16.9 Å². The number of nitrogens with one attached hydrogen (secondary N) is 2. The number of hydrogen-bond acceptors (Lipinski definition) is 5. The Labute approximate surface area is 176 Å². The molecule has 3 rings (SSSR count). The minimum Gasteiger partial charge on any atom is -0.463 e. The van der Waals surface area contributed by atoms with Crippen molar-refractivity contribution in [3.8, 4) is 0 Å². The van der Waals surface area contributed by atoms with Crippen LogP contribution in [0.2, 0.25) is 0 Å². The summed E-state index contributed by atoms with van der Waals surface area (Å²) >= 11 is 0. The second-order valence-electron chi connectivity index (χ2n) is 6.81. The smallest absolute Gasteiger partial charge is 0.269 e. The van der Waals surface area contributed by atoms with Crippen LogP contribution in [0.15, 0.2) is 82.8 Å². The summed E-state index contributed by atoms with van der Waals surface area (Å²) < 4.78 is 31.9. The number of sulfonamides is 1.